The standard InChI is InChI=1S/C17H18O2/c1-19-16-7-4-12(5-8-16)13-6-9-17-14(10-13)2-3-15(17)11-18/h4-10,15,18H,2-3,11H2,1H3. The lowest BCUT2D eigenvalue weighted by Crippen LogP contribution is -1.98. The average Bonchev–Trinajstić information content (AvgIpc) is 2.89. The Hall–Kier alpha value is -1.80. The van der Waals surface area contributed by atoms with Gasteiger partial charge >= 0.3 is 0 Å². The number of hydrogen-bond donors (Lipinski definition) is 1. The van der Waals surface area contributed by atoms with E-state index in [2.05, 4.69) is 30.3 Å². The molecule has 1 aliphatic carbocycles. The zero-order valence-corrected chi connectivity index (χ0v) is 11.1. The van der Waals surface area contributed by atoms with Crippen LogP contribution < -0.4 is 4.74 Å². The maximum absolute atomic E-state index is 9.34. The van der Waals surface area contributed by atoms with Crippen molar-refractivity contribution >= 4 is 0 Å². The van der Waals surface area contributed by atoms with Gasteiger partial charge in [0.2, 0.25) is 0 Å². The van der Waals surface area contributed by atoms with Crippen molar-refractivity contribution in [2.75, 3.05) is 13.7 Å². The normalized spacial score (nSPS) is 17.3. The highest BCUT2D eigenvalue weighted by molar-refractivity contribution is 5.66. The quantitative estimate of drug-likeness (QED) is 0.909. The highest BCUT2D eigenvalue weighted by Crippen LogP contribution is 2.35. The van der Waals surface area contributed by atoms with Gasteiger partial charge in [-0.3, -0.25) is 0 Å². The summed E-state index contributed by atoms with van der Waals surface area (Å²) < 4.78 is 5.18. The third-order valence-corrected chi connectivity index (χ3v) is 3.99. The van der Waals surface area contributed by atoms with Crippen LogP contribution in [0.5, 0.6) is 5.75 Å². The van der Waals surface area contributed by atoms with Gasteiger partial charge in [0.1, 0.15) is 5.75 Å². The Morgan fingerprint density at radius 3 is 2.53 bits per heavy atom. The van der Waals surface area contributed by atoms with Gasteiger partial charge < -0.3 is 9.84 Å². The summed E-state index contributed by atoms with van der Waals surface area (Å²) in [7, 11) is 1.68. The Morgan fingerprint density at radius 2 is 1.84 bits per heavy atom. The number of methoxy groups -OCH3 is 1. The van der Waals surface area contributed by atoms with Crippen molar-refractivity contribution < 1.29 is 9.84 Å². The van der Waals surface area contributed by atoms with Crippen molar-refractivity contribution in [3.63, 3.8) is 0 Å². The third kappa shape index (κ3) is 2.24. The number of aliphatic hydroxyl groups excluding tert-OH is 1. The van der Waals surface area contributed by atoms with Gasteiger partial charge in [-0.2, -0.15) is 0 Å². The van der Waals surface area contributed by atoms with Crippen molar-refractivity contribution in [2.45, 2.75) is 18.8 Å². The maximum atomic E-state index is 9.34. The zero-order chi connectivity index (χ0) is 13.2. The van der Waals surface area contributed by atoms with E-state index in [1.807, 2.05) is 12.1 Å². The summed E-state index contributed by atoms with van der Waals surface area (Å²) in [5, 5.41) is 9.34. The minimum atomic E-state index is 0.259. The molecule has 1 atom stereocenters. The van der Waals surface area contributed by atoms with E-state index in [1.54, 1.807) is 7.11 Å². The van der Waals surface area contributed by atoms with Gasteiger partial charge in [0.25, 0.3) is 0 Å². The monoisotopic (exact) mass is 254 g/mol. The van der Waals surface area contributed by atoms with E-state index in [-0.39, 0.29) is 6.61 Å². The summed E-state index contributed by atoms with van der Waals surface area (Å²) >= 11 is 0. The molecule has 1 aliphatic rings. The van der Waals surface area contributed by atoms with Gasteiger partial charge in [-0.05, 0) is 47.2 Å². The van der Waals surface area contributed by atoms with Crippen LogP contribution in [-0.4, -0.2) is 18.8 Å². The van der Waals surface area contributed by atoms with E-state index in [1.165, 1.54) is 22.3 Å². The molecule has 0 spiro atoms. The summed E-state index contributed by atoms with van der Waals surface area (Å²) in [5.74, 6) is 1.21. The molecule has 19 heavy (non-hydrogen) atoms. The Kier molecular flexibility index (Phi) is 3.26. The summed E-state index contributed by atoms with van der Waals surface area (Å²) in [6, 6.07) is 14.7. The fourth-order valence-electron chi connectivity index (χ4n) is 2.86. The van der Waals surface area contributed by atoms with Crippen molar-refractivity contribution in [1.29, 1.82) is 0 Å². The highest BCUT2D eigenvalue weighted by Gasteiger charge is 2.21. The molecular weight excluding hydrogens is 236 g/mol. The average molecular weight is 254 g/mol. The number of aryl methyl sites for hydroxylation is 1. The van der Waals surface area contributed by atoms with E-state index < -0.39 is 0 Å². The fourth-order valence-corrected chi connectivity index (χ4v) is 2.86. The van der Waals surface area contributed by atoms with E-state index in [0.717, 1.165) is 18.6 Å². The summed E-state index contributed by atoms with van der Waals surface area (Å²) in [6.45, 7) is 0.259. The van der Waals surface area contributed by atoms with Crippen molar-refractivity contribution in [2.24, 2.45) is 0 Å². The Morgan fingerprint density at radius 1 is 1.11 bits per heavy atom. The number of rotatable bonds is 3. The maximum Gasteiger partial charge on any atom is 0.118 e. The van der Waals surface area contributed by atoms with Crippen LogP contribution in [0, 0.1) is 0 Å². The second-order valence-electron chi connectivity index (χ2n) is 5.06. The first-order chi connectivity index (χ1) is 9.31. The van der Waals surface area contributed by atoms with Crippen LogP contribution in [-0.2, 0) is 6.42 Å². The molecule has 2 aromatic rings. The van der Waals surface area contributed by atoms with Crippen molar-refractivity contribution in [3.8, 4) is 16.9 Å². The minimum Gasteiger partial charge on any atom is -0.497 e. The first-order valence-electron chi connectivity index (χ1n) is 6.70. The Balaban J connectivity index is 1.94. The van der Waals surface area contributed by atoms with Gasteiger partial charge in [-0.25, -0.2) is 0 Å². The lowest BCUT2D eigenvalue weighted by atomic mass is 9.97. The van der Waals surface area contributed by atoms with E-state index in [9.17, 15) is 5.11 Å². The van der Waals surface area contributed by atoms with Crippen molar-refractivity contribution in [1.82, 2.24) is 0 Å². The van der Waals surface area contributed by atoms with Crippen LogP contribution in [0.2, 0.25) is 0 Å². The molecule has 0 saturated carbocycles. The molecule has 0 heterocycles. The van der Waals surface area contributed by atoms with Crippen LogP contribution in [0.15, 0.2) is 42.5 Å². The van der Waals surface area contributed by atoms with E-state index in [4.69, 9.17) is 4.74 Å². The minimum absolute atomic E-state index is 0.259. The molecule has 0 aliphatic heterocycles. The number of ether oxygens (including phenoxy) is 1. The number of hydrogen-bond acceptors (Lipinski definition) is 2. The summed E-state index contributed by atoms with van der Waals surface area (Å²) in [5.41, 5.74) is 5.14. The molecule has 0 saturated heterocycles. The molecule has 0 aromatic heterocycles. The molecule has 0 radical (unpaired) electrons. The van der Waals surface area contributed by atoms with Crippen LogP contribution in [0.4, 0.5) is 0 Å². The first kappa shape index (κ1) is 12.2. The topological polar surface area (TPSA) is 29.5 Å². The molecule has 2 nitrogen and oxygen atoms in total. The second-order valence-corrected chi connectivity index (χ2v) is 5.06. The Labute approximate surface area is 113 Å². The molecule has 98 valence electrons. The first-order valence-corrected chi connectivity index (χ1v) is 6.70. The van der Waals surface area contributed by atoms with Crippen LogP contribution >= 0.6 is 0 Å². The molecule has 0 fully saturated rings. The SMILES string of the molecule is COc1ccc(-c2ccc3c(c2)CCC3CO)cc1. The van der Waals surface area contributed by atoms with E-state index >= 15 is 0 Å². The largest absolute Gasteiger partial charge is 0.497 e. The molecule has 1 unspecified atom stereocenters. The number of aliphatic hydroxyl groups is 1. The molecule has 2 aromatic carbocycles. The smallest absolute Gasteiger partial charge is 0.118 e. The van der Waals surface area contributed by atoms with Crippen LogP contribution in [0.1, 0.15) is 23.5 Å². The molecule has 1 N–H and O–H groups in total. The molecule has 0 amide bonds. The summed E-state index contributed by atoms with van der Waals surface area (Å²) in [6.07, 6.45) is 2.14. The lowest BCUT2D eigenvalue weighted by molar-refractivity contribution is 0.265. The number of benzene rings is 2. The highest BCUT2D eigenvalue weighted by atomic mass is 16.5. The molecule has 2 heteroatoms. The van der Waals surface area contributed by atoms with Gasteiger partial charge in [0.05, 0.1) is 7.11 Å². The Bertz CT molecular complexity index is 572. The zero-order valence-electron chi connectivity index (χ0n) is 11.1. The molecule has 3 rings (SSSR count). The number of fused-ring (bicyclic) bond motifs is 1. The van der Waals surface area contributed by atoms with Crippen molar-refractivity contribution in [3.05, 3.63) is 53.6 Å². The third-order valence-electron chi connectivity index (χ3n) is 3.99. The van der Waals surface area contributed by atoms with E-state index in [0.29, 0.717) is 5.92 Å². The van der Waals surface area contributed by atoms with Crippen LogP contribution in [0.3, 0.4) is 0 Å². The van der Waals surface area contributed by atoms with Crippen LogP contribution in [0.25, 0.3) is 11.1 Å². The van der Waals surface area contributed by atoms with Gasteiger partial charge in [-0.15, -0.1) is 0 Å². The van der Waals surface area contributed by atoms with Gasteiger partial charge in [0, 0.05) is 12.5 Å². The molecule has 0 bridgehead atoms. The van der Waals surface area contributed by atoms with Gasteiger partial charge in [-0.1, -0.05) is 30.3 Å². The predicted octanol–water partition coefficient (Wildman–Crippen LogP) is 3.38. The van der Waals surface area contributed by atoms with Gasteiger partial charge in [0.15, 0.2) is 0 Å². The predicted molar refractivity (Wildman–Crippen MR) is 76.6 cm³/mol. The second kappa shape index (κ2) is 5.06. The molecular formula is C17H18O2. The summed E-state index contributed by atoms with van der Waals surface area (Å²) in [4.78, 5) is 0. The lowest BCUT2D eigenvalue weighted by Gasteiger charge is -2.09. The fraction of sp³-hybridized carbons (Fsp3) is 0.294.